The molecule has 0 unspecified atom stereocenters. The van der Waals surface area contributed by atoms with Crippen molar-refractivity contribution in [2.75, 3.05) is 0 Å². The van der Waals surface area contributed by atoms with Crippen LogP contribution in [0.5, 0.6) is 0 Å². The van der Waals surface area contributed by atoms with Gasteiger partial charge in [0.25, 0.3) is 0 Å². The molecule has 0 bridgehead atoms. The number of hydrogen-bond donors (Lipinski definition) is 0. The molecular formula is C27H45N7O6. The summed E-state index contributed by atoms with van der Waals surface area (Å²) in [6.07, 6.45) is 1.29. The standard InChI is InChI=1S/2C9H14N2O2.C8H13N3O2.CH4/c1-9(2,3)7-5-6-8(10(7)4)11(12)13;1-7-5-6-8(11(12)13)10(7)9(2,3)4;1-8(2,3)7-9-5-6(10(7)4)11(12)13;/h2*5-6H,1-4H3;5H,1-4H3;1H4. The Morgan fingerprint density at radius 2 is 1.12 bits per heavy atom. The number of rotatable bonds is 3. The molecule has 224 valence electrons. The second kappa shape index (κ2) is 12.9. The van der Waals surface area contributed by atoms with Gasteiger partial charge in [0.05, 0.1) is 14.1 Å². The van der Waals surface area contributed by atoms with Crippen LogP contribution in [-0.2, 0) is 30.5 Å². The normalized spacial score (nSPS) is 11.4. The van der Waals surface area contributed by atoms with Crippen LogP contribution in [0, 0.1) is 37.3 Å². The van der Waals surface area contributed by atoms with Crippen LogP contribution in [0.25, 0.3) is 0 Å². The van der Waals surface area contributed by atoms with Gasteiger partial charge in [-0.05, 0) is 54.6 Å². The van der Waals surface area contributed by atoms with E-state index in [1.54, 1.807) is 47.5 Å². The van der Waals surface area contributed by atoms with Gasteiger partial charge in [0.1, 0.15) is 23.1 Å². The number of hydrogen-bond acceptors (Lipinski definition) is 7. The van der Waals surface area contributed by atoms with E-state index in [0.717, 1.165) is 17.2 Å². The first-order chi connectivity index (χ1) is 17.5. The third kappa shape index (κ3) is 8.75. The third-order valence-electron chi connectivity index (χ3n) is 5.79. The Morgan fingerprint density at radius 3 is 1.38 bits per heavy atom. The summed E-state index contributed by atoms with van der Waals surface area (Å²) in [6.45, 7) is 19.7. The van der Waals surface area contributed by atoms with Gasteiger partial charge in [0, 0.05) is 23.0 Å². The van der Waals surface area contributed by atoms with Crippen LogP contribution < -0.4 is 0 Å². The van der Waals surface area contributed by atoms with Gasteiger partial charge in [0.15, 0.2) is 0 Å². The molecule has 0 saturated carbocycles. The maximum atomic E-state index is 10.7. The zero-order chi connectivity index (χ0) is 30.7. The topological polar surface area (TPSA) is 157 Å². The van der Waals surface area contributed by atoms with Crippen molar-refractivity contribution < 1.29 is 14.8 Å². The summed E-state index contributed by atoms with van der Waals surface area (Å²) in [6, 6.07) is 6.66. The molecule has 3 rings (SSSR count). The van der Waals surface area contributed by atoms with Crippen LogP contribution in [-0.4, -0.2) is 33.5 Å². The maximum absolute atomic E-state index is 10.7. The second-order valence-corrected chi connectivity index (χ2v) is 12.2. The monoisotopic (exact) mass is 563 g/mol. The molecule has 0 atom stereocenters. The minimum atomic E-state index is -0.428. The number of nitro groups is 3. The van der Waals surface area contributed by atoms with E-state index in [4.69, 9.17) is 0 Å². The van der Waals surface area contributed by atoms with Gasteiger partial charge < -0.3 is 30.3 Å². The highest BCUT2D eigenvalue weighted by Crippen LogP contribution is 2.27. The van der Waals surface area contributed by atoms with E-state index < -0.39 is 4.92 Å². The zero-order valence-corrected chi connectivity index (χ0v) is 25.0. The number of imidazole rings is 1. The van der Waals surface area contributed by atoms with Crippen molar-refractivity contribution in [1.29, 1.82) is 0 Å². The molecule has 13 nitrogen and oxygen atoms in total. The Morgan fingerprint density at radius 1 is 0.675 bits per heavy atom. The van der Waals surface area contributed by atoms with Crippen molar-refractivity contribution in [2.24, 2.45) is 14.1 Å². The summed E-state index contributed by atoms with van der Waals surface area (Å²) >= 11 is 0. The van der Waals surface area contributed by atoms with Crippen molar-refractivity contribution in [3.05, 3.63) is 78.0 Å². The fourth-order valence-corrected chi connectivity index (χ4v) is 4.24. The van der Waals surface area contributed by atoms with Gasteiger partial charge in [-0.1, -0.05) is 49.0 Å². The van der Waals surface area contributed by atoms with Gasteiger partial charge in [-0.2, -0.15) is 0 Å². The fourth-order valence-electron chi connectivity index (χ4n) is 4.24. The first kappa shape index (κ1) is 36.0. The van der Waals surface area contributed by atoms with Gasteiger partial charge >= 0.3 is 17.5 Å². The summed E-state index contributed by atoms with van der Waals surface area (Å²) in [5, 5.41) is 31.7. The third-order valence-corrected chi connectivity index (χ3v) is 5.79. The molecule has 0 fully saturated rings. The molecule has 3 aromatic rings. The lowest BCUT2D eigenvalue weighted by Crippen LogP contribution is -2.24. The van der Waals surface area contributed by atoms with E-state index >= 15 is 0 Å². The van der Waals surface area contributed by atoms with E-state index in [-0.39, 0.29) is 51.1 Å². The number of aromatic nitrogens is 4. The van der Waals surface area contributed by atoms with Gasteiger partial charge in [0.2, 0.25) is 5.82 Å². The van der Waals surface area contributed by atoms with Gasteiger partial charge in [-0.15, -0.1) is 0 Å². The van der Waals surface area contributed by atoms with Gasteiger partial charge in [-0.3, -0.25) is 0 Å². The first-order valence-electron chi connectivity index (χ1n) is 12.3. The smallest absolute Gasteiger partial charge is 0.342 e. The molecule has 40 heavy (non-hydrogen) atoms. The molecule has 0 aliphatic heterocycles. The van der Waals surface area contributed by atoms with Crippen LogP contribution in [0.2, 0.25) is 0 Å². The number of nitrogens with zero attached hydrogens (tertiary/aromatic N) is 7. The molecule has 3 heterocycles. The molecular weight excluding hydrogens is 518 g/mol. The molecule has 0 aliphatic rings. The molecule has 0 spiro atoms. The van der Waals surface area contributed by atoms with Crippen molar-refractivity contribution in [3.8, 4) is 0 Å². The minimum Gasteiger partial charge on any atom is -0.358 e. The lowest BCUT2D eigenvalue weighted by Gasteiger charge is -2.18. The van der Waals surface area contributed by atoms with E-state index in [1.165, 1.54) is 10.8 Å². The molecule has 3 aromatic heterocycles. The van der Waals surface area contributed by atoms with E-state index in [2.05, 4.69) is 4.98 Å². The molecule has 0 saturated heterocycles. The summed E-state index contributed by atoms with van der Waals surface area (Å²) in [5.74, 6) is 1.05. The predicted molar refractivity (Wildman–Crippen MR) is 157 cm³/mol. The zero-order valence-electron chi connectivity index (χ0n) is 25.0. The summed E-state index contributed by atoms with van der Waals surface area (Å²) in [4.78, 5) is 34.6. The van der Waals surface area contributed by atoms with E-state index in [1.807, 2.05) is 69.2 Å². The van der Waals surface area contributed by atoms with Crippen LogP contribution in [0.15, 0.2) is 30.5 Å². The Labute approximate surface area is 236 Å². The lowest BCUT2D eigenvalue weighted by molar-refractivity contribution is -0.393. The minimum absolute atomic E-state index is 0. The Balaban J connectivity index is 0.000000563. The molecule has 0 N–H and O–H groups in total. The fraction of sp³-hybridized carbons (Fsp3) is 0.593. The van der Waals surface area contributed by atoms with Gasteiger partial charge in [-0.25, -0.2) is 18.7 Å². The average molecular weight is 564 g/mol. The SMILES string of the molecule is C.Cc1ccc([N+](=O)[O-])n1C(C)(C)C.Cn1c([N+](=O)[O-])ccc1C(C)(C)C.Cn1c([N+](=O)[O-])cnc1C(C)(C)C. The van der Waals surface area contributed by atoms with E-state index in [0.29, 0.717) is 0 Å². The Bertz CT molecular complexity index is 1260. The Hall–Kier alpha value is -4.03. The summed E-state index contributed by atoms with van der Waals surface area (Å²) in [7, 11) is 3.38. The van der Waals surface area contributed by atoms with Crippen molar-refractivity contribution in [1.82, 2.24) is 18.7 Å². The van der Waals surface area contributed by atoms with Crippen molar-refractivity contribution in [3.63, 3.8) is 0 Å². The average Bonchev–Trinajstić information content (AvgIpc) is 3.43. The van der Waals surface area contributed by atoms with Crippen molar-refractivity contribution >= 4 is 17.5 Å². The maximum Gasteiger partial charge on any atom is 0.342 e. The predicted octanol–water partition coefficient (Wildman–Crippen LogP) is 6.95. The largest absolute Gasteiger partial charge is 0.358 e. The molecule has 0 aromatic carbocycles. The molecule has 0 radical (unpaired) electrons. The van der Waals surface area contributed by atoms with Crippen LogP contribution >= 0.6 is 0 Å². The highest BCUT2D eigenvalue weighted by molar-refractivity contribution is 5.31. The first-order valence-corrected chi connectivity index (χ1v) is 12.3. The summed E-state index contributed by atoms with van der Waals surface area (Å²) < 4.78 is 4.87. The van der Waals surface area contributed by atoms with Crippen molar-refractivity contribution in [2.45, 2.75) is 93.0 Å². The highest BCUT2D eigenvalue weighted by Gasteiger charge is 2.28. The highest BCUT2D eigenvalue weighted by atomic mass is 16.6. The van der Waals surface area contributed by atoms with Crippen LogP contribution in [0.1, 0.15) is 87.0 Å². The Kier molecular flexibility index (Phi) is 11.6. The lowest BCUT2D eigenvalue weighted by atomic mass is 9.92. The molecule has 13 heteroatoms. The molecule has 0 amide bonds. The quantitative estimate of drug-likeness (QED) is 0.246. The molecule has 0 aliphatic carbocycles. The number of aryl methyl sites for hydroxylation is 1. The van der Waals surface area contributed by atoms with Crippen LogP contribution in [0.4, 0.5) is 17.5 Å². The van der Waals surface area contributed by atoms with E-state index in [9.17, 15) is 30.3 Å². The van der Waals surface area contributed by atoms with Crippen LogP contribution in [0.3, 0.4) is 0 Å². The second-order valence-electron chi connectivity index (χ2n) is 12.2. The summed E-state index contributed by atoms with van der Waals surface area (Å²) in [5.41, 5.74) is 1.43.